The van der Waals surface area contributed by atoms with E-state index in [1.165, 1.54) is 26.2 Å². The Bertz CT molecular complexity index is 445. The SMILES string of the molecule is COC(=O)c1ccc([C@H](C)NC(C)=O)c(F)c1. The highest BCUT2D eigenvalue weighted by atomic mass is 19.1. The van der Waals surface area contributed by atoms with Gasteiger partial charge in [0, 0.05) is 12.5 Å². The van der Waals surface area contributed by atoms with Gasteiger partial charge in [-0.2, -0.15) is 0 Å². The number of methoxy groups -OCH3 is 1. The van der Waals surface area contributed by atoms with Gasteiger partial charge in [0.2, 0.25) is 5.91 Å². The highest BCUT2D eigenvalue weighted by molar-refractivity contribution is 5.89. The summed E-state index contributed by atoms with van der Waals surface area (Å²) >= 11 is 0. The standard InChI is InChI=1S/C12H14FNO3/c1-7(14-8(2)15)10-5-4-9(6-11(10)13)12(16)17-3/h4-7H,1-3H3,(H,14,15)/t7-/m0/s1. The lowest BCUT2D eigenvalue weighted by Gasteiger charge is -2.14. The first-order valence-corrected chi connectivity index (χ1v) is 5.10. The molecule has 0 saturated carbocycles. The fraction of sp³-hybridized carbons (Fsp3) is 0.333. The topological polar surface area (TPSA) is 55.4 Å². The number of rotatable bonds is 3. The molecule has 0 aliphatic rings. The van der Waals surface area contributed by atoms with Crippen molar-refractivity contribution in [3.8, 4) is 0 Å². The maximum Gasteiger partial charge on any atom is 0.337 e. The van der Waals surface area contributed by atoms with Crippen LogP contribution in [0.4, 0.5) is 4.39 Å². The second-order valence-electron chi connectivity index (χ2n) is 3.65. The van der Waals surface area contributed by atoms with E-state index in [-0.39, 0.29) is 11.5 Å². The van der Waals surface area contributed by atoms with Gasteiger partial charge in [-0.3, -0.25) is 4.79 Å². The number of esters is 1. The fourth-order valence-corrected chi connectivity index (χ4v) is 1.51. The lowest BCUT2D eigenvalue weighted by Crippen LogP contribution is -2.24. The van der Waals surface area contributed by atoms with Crippen LogP contribution in [0.3, 0.4) is 0 Å². The van der Waals surface area contributed by atoms with Crippen LogP contribution >= 0.6 is 0 Å². The van der Waals surface area contributed by atoms with Gasteiger partial charge in [-0.15, -0.1) is 0 Å². The number of nitrogens with one attached hydrogen (secondary N) is 1. The average Bonchev–Trinajstić information content (AvgIpc) is 2.26. The van der Waals surface area contributed by atoms with E-state index in [0.29, 0.717) is 5.56 Å². The summed E-state index contributed by atoms with van der Waals surface area (Å²) in [5.74, 6) is -1.38. The van der Waals surface area contributed by atoms with Crippen molar-refractivity contribution in [2.45, 2.75) is 19.9 Å². The smallest absolute Gasteiger partial charge is 0.337 e. The number of benzene rings is 1. The van der Waals surface area contributed by atoms with Gasteiger partial charge < -0.3 is 10.1 Å². The van der Waals surface area contributed by atoms with Crippen molar-refractivity contribution in [3.05, 3.63) is 35.1 Å². The molecule has 1 rings (SSSR count). The number of carbonyl (C=O) groups excluding carboxylic acids is 2. The number of hydrogen-bond donors (Lipinski definition) is 1. The zero-order chi connectivity index (χ0) is 13.0. The van der Waals surface area contributed by atoms with E-state index in [9.17, 15) is 14.0 Å². The molecule has 1 N–H and O–H groups in total. The molecule has 17 heavy (non-hydrogen) atoms. The highest BCUT2D eigenvalue weighted by Gasteiger charge is 2.14. The van der Waals surface area contributed by atoms with Crippen molar-refractivity contribution in [3.63, 3.8) is 0 Å². The Morgan fingerprint density at radius 3 is 2.53 bits per heavy atom. The molecule has 0 heterocycles. The van der Waals surface area contributed by atoms with Gasteiger partial charge in [0.1, 0.15) is 5.82 Å². The zero-order valence-electron chi connectivity index (χ0n) is 9.91. The predicted molar refractivity (Wildman–Crippen MR) is 60.0 cm³/mol. The molecule has 1 atom stereocenters. The van der Waals surface area contributed by atoms with E-state index in [4.69, 9.17) is 0 Å². The first kappa shape index (κ1) is 13.2. The van der Waals surface area contributed by atoms with Crippen LogP contribution in [0.5, 0.6) is 0 Å². The van der Waals surface area contributed by atoms with Crippen LogP contribution < -0.4 is 5.32 Å². The van der Waals surface area contributed by atoms with Gasteiger partial charge in [0.15, 0.2) is 0 Å². The van der Waals surface area contributed by atoms with Crippen LogP contribution in [-0.2, 0) is 9.53 Å². The molecule has 4 nitrogen and oxygen atoms in total. The van der Waals surface area contributed by atoms with Gasteiger partial charge in [0.25, 0.3) is 0 Å². The van der Waals surface area contributed by atoms with E-state index in [1.807, 2.05) is 0 Å². The molecule has 0 aliphatic heterocycles. The monoisotopic (exact) mass is 239 g/mol. The second-order valence-corrected chi connectivity index (χ2v) is 3.65. The quantitative estimate of drug-likeness (QED) is 0.818. The van der Waals surface area contributed by atoms with Crippen molar-refractivity contribution in [2.24, 2.45) is 0 Å². The molecule has 92 valence electrons. The minimum absolute atomic E-state index is 0.142. The molecule has 0 aromatic heterocycles. The molecular weight excluding hydrogens is 225 g/mol. The van der Waals surface area contributed by atoms with Gasteiger partial charge in [0.05, 0.1) is 18.7 Å². The Hall–Kier alpha value is -1.91. The van der Waals surface area contributed by atoms with Crippen LogP contribution in [0.25, 0.3) is 0 Å². The molecule has 1 aromatic carbocycles. The van der Waals surface area contributed by atoms with Crippen molar-refractivity contribution in [2.75, 3.05) is 7.11 Å². The number of ether oxygens (including phenoxy) is 1. The van der Waals surface area contributed by atoms with Crippen molar-refractivity contribution >= 4 is 11.9 Å². The third-order valence-corrected chi connectivity index (χ3v) is 2.31. The van der Waals surface area contributed by atoms with Gasteiger partial charge in [-0.05, 0) is 19.1 Å². The largest absolute Gasteiger partial charge is 0.465 e. The second kappa shape index (κ2) is 5.43. The summed E-state index contributed by atoms with van der Waals surface area (Å²) < 4.78 is 18.2. The summed E-state index contributed by atoms with van der Waals surface area (Å²) in [4.78, 5) is 22.0. The van der Waals surface area contributed by atoms with Gasteiger partial charge in [-0.25, -0.2) is 9.18 Å². The number of hydrogen-bond acceptors (Lipinski definition) is 3. The van der Waals surface area contributed by atoms with E-state index in [0.717, 1.165) is 6.07 Å². The van der Waals surface area contributed by atoms with E-state index < -0.39 is 17.8 Å². The summed E-state index contributed by atoms with van der Waals surface area (Å²) in [6.45, 7) is 3.02. The maximum atomic E-state index is 13.7. The summed E-state index contributed by atoms with van der Waals surface area (Å²) in [6.07, 6.45) is 0. The minimum Gasteiger partial charge on any atom is -0.465 e. The molecule has 1 amide bonds. The van der Waals surface area contributed by atoms with Gasteiger partial charge in [-0.1, -0.05) is 6.07 Å². The zero-order valence-corrected chi connectivity index (χ0v) is 9.91. The van der Waals surface area contributed by atoms with Gasteiger partial charge >= 0.3 is 5.97 Å². The third-order valence-electron chi connectivity index (χ3n) is 2.31. The maximum absolute atomic E-state index is 13.7. The highest BCUT2D eigenvalue weighted by Crippen LogP contribution is 2.18. The van der Waals surface area contributed by atoms with E-state index >= 15 is 0 Å². The third kappa shape index (κ3) is 3.27. The normalized spacial score (nSPS) is 11.8. The molecule has 5 heteroatoms. The molecule has 0 bridgehead atoms. The molecule has 0 spiro atoms. The van der Waals surface area contributed by atoms with Crippen LogP contribution in [-0.4, -0.2) is 19.0 Å². The minimum atomic E-state index is -0.595. The summed E-state index contributed by atoms with van der Waals surface area (Å²) in [7, 11) is 1.23. The van der Waals surface area contributed by atoms with Crippen LogP contribution in [0.1, 0.15) is 35.8 Å². The van der Waals surface area contributed by atoms with E-state index in [2.05, 4.69) is 10.1 Å². The Kier molecular flexibility index (Phi) is 4.20. The fourth-order valence-electron chi connectivity index (χ4n) is 1.51. The Morgan fingerprint density at radius 2 is 2.06 bits per heavy atom. The van der Waals surface area contributed by atoms with Crippen LogP contribution in [0.2, 0.25) is 0 Å². The molecular formula is C12H14FNO3. The first-order chi connectivity index (χ1) is 7.95. The summed E-state index contributed by atoms with van der Waals surface area (Å²) in [6, 6.07) is 3.57. The molecule has 0 radical (unpaired) electrons. The molecule has 0 unspecified atom stereocenters. The number of amides is 1. The lowest BCUT2D eigenvalue weighted by atomic mass is 10.1. The molecule has 0 fully saturated rings. The van der Waals surface area contributed by atoms with Crippen molar-refractivity contribution in [1.82, 2.24) is 5.32 Å². The molecule has 1 aromatic rings. The van der Waals surface area contributed by atoms with Crippen molar-refractivity contribution < 1.29 is 18.7 Å². The van der Waals surface area contributed by atoms with Crippen LogP contribution in [0, 0.1) is 5.82 Å². The first-order valence-electron chi connectivity index (χ1n) is 5.10. The number of halogens is 1. The lowest BCUT2D eigenvalue weighted by molar-refractivity contribution is -0.119. The predicted octanol–water partition coefficient (Wildman–Crippen LogP) is 1.81. The van der Waals surface area contributed by atoms with Crippen LogP contribution in [0.15, 0.2) is 18.2 Å². The van der Waals surface area contributed by atoms with Crippen molar-refractivity contribution in [1.29, 1.82) is 0 Å². The Labute approximate surface area is 98.8 Å². The molecule has 0 aliphatic carbocycles. The summed E-state index contributed by atoms with van der Waals surface area (Å²) in [5, 5.41) is 2.57. The Morgan fingerprint density at radius 1 is 1.41 bits per heavy atom. The molecule has 0 saturated heterocycles. The number of carbonyl (C=O) groups is 2. The average molecular weight is 239 g/mol. The summed E-state index contributed by atoms with van der Waals surface area (Å²) in [5.41, 5.74) is 0.469. The van der Waals surface area contributed by atoms with E-state index in [1.54, 1.807) is 6.92 Å². The Balaban J connectivity index is 2.97.